The molecule has 1 aliphatic rings. The Balaban J connectivity index is 2.69. The van der Waals surface area contributed by atoms with Crippen LogP contribution in [0.15, 0.2) is 0 Å². The van der Waals surface area contributed by atoms with E-state index in [1.807, 2.05) is 0 Å². The van der Waals surface area contributed by atoms with Crippen molar-refractivity contribution in [1.29, 1.82) is 0 Å². The number of phosphoric acid groups is 1. The highest BCUT2D eigenvalue weighted by Crippen LogP contribution is 2.53. The molecule has 0 amide bonds. The molecule has 0 aliphatic carbocycles. The smallest absolute Gasteiger partial charge is 0.290 e. The van der Waals surface area contributed by atoms with Crippen molar-refractivity contribution in [3.8, 4) is 12.3 Å². The third kappa shape index (κ3) is 2.21. The first-order chi connectivity index (χ1) is 5.61. The van der Waals surface area contributed by atoms with Gasteiger partial charge in [0.1, 0.15) is 6.10 Å². The summed E-state index contributed by atoms with van der Waals surface area (Å²) in [6.07, 6.45) is 4.66. The fourth-order valence-electron chi connectivity index (χ4n) is 0.716. The highest BCUT2D eigenvalue weighted by atomic mass is 127. The molecular formula is C6H8IO4P. The lowest BCUT2D eigenvalue weighted by Gasteiger charge is -2.28. The van der Waals surface area contributed by atoms with Crippen molar-refractivity contribution >= 4 is 30.4 Å². The van der Waals surface area contributed by atoms with Crippen LogP contribution in [-0.2, 0) is 18.1 Å². The van der Waals surface area contributed by atoms with Crippen LogP contribution in [0.5, 0.6) is 0 Å². The van der Waals surface area contributed by atoms with Gasteiger partial charge in [0, 0.05) is 7.11 Å². The third-order valence-corrected chi connectivity index (χ3v) is 3.76. The van der Waals surface area contributed by atoms with E-state index in [0.717, 1.165) is 0 Å². The second kappa shape index (κ2) is 4.07. The molecule has 0 radical (unpaired) electrons. The number of rotatable bonds is 1. The van der Waals surface area contributed by atoms with Gasteiger partial charge in [0.15, 0.2) is 0 Å². The molecule has 0 aromatic heterocycles. The summed E-state index contributed by atoms with van der Waals surface area (Å²) >= 11 is 2.08. The molecule has 1 rings (SSSR count). The van der Waals surface area contributed by atoms with Gasteiger partial charge in [-0.25, -0.2) is 4.57 Å². The zero-order chi connectivity index (χ0) is 9.19. The molecule has 0 aromatic rings. The van der Waals surface area contributed by atoms with E-state index in [2.05, 4.69) is 33.0 Å². The van der Waals surface area contributed by atoms with Crippen LogP contribution >= 0.6 is 30.4 Å². The second-order valence-corrected chi connectivity index (χ2v) is 5.46. The molecule has 12 heavy (non-hydrogen) atoms. The minimum absolute atomic E-state index is 0.0184. The minimum atomic E-state index is -3.35. The molecule has 1 fully saturated rings. The van der Waals surface area contributed by atoms with Crippen molar-refractivity contribution in [2.45, 2.75) is 10.0 Å². The maximum Gasteiger partial charge on any atom is 0.475 e. The van der Waals surface area contributed by atoms with Gasteiger partial charge in [-0.2, -0.15) is 0 Å². The van der Waals surface area contributed by atoms with Crippen LogP contribution in [0.4, 0.5) is 0 Å². The third-order valence-electron chi connectivity index (χ3n) is 1.35. The van der Waals surface area contributed by atoms with E-state index in [-0.39, 0.29) is 3.92 Å². The number of hydrogen-bond acceptors (Lipinski definition) is 4. The van der Waals surface area contributed by atoms with Gasteiger partial charge in [-0.15, -0.1) is 6.42 Å². The Kier molecular flexibility index (Phi) is 3.56. The summed E-state index contributed by atoms with van der Waals surface area (Å²) < 4.78 is 25.8. The van der Waals surface area contributed by atoms with E-state index >= 15 is 0 Å². The molecule has 0 saturated carbocycles. The predicted molar refractivity (Wildman–Crippen MR) is 52.1 cm³/mol. The molecule has 0 bridgehead atoms. The zero-order valence-corrected chi connectivity index (χ0v) is 9.45. The summed E-state index contributed by atoms with van der Waals surface area (Å²) in [5.74, 6) is 2.38. The quantitative estimate of drug-likeness (QED) is 0.319. The number of hydrogen-bond donors (Lipinski definition) is 0. The molecule has 68 valence electrons. The van der Waals surface area contributed by atoms with Crippen molar-refractivity contribution in [3.63, 3.8) is 0 Å². The fraction of sp³-hybridized carbons (Fsp3) is 0.667. The first-order valence-corrected chi connectivity index (χ1v) is 5.91. The van der Waals surface area contributed by atoms with Crippen LogP contribution in [0.2, 0.25) is 0 Å². The Bertz CT molecular complexity index is 248. The summed E-state index contributed by atoms with van der Waals surface area (Å²) in [4.78, 5) is 0. The van der Waals surface area contributed by atoms with E-state index in [1.54, 1.807) is 0 Å². The SMILES string of the molecule is C#CC1OP(=O)(OC)OCC1I. The maximum absolute atomic E-state index is 11.4. The summed E-state index contributed by atoms with van der Waals surface area (Å²) in [6.45, 7) is 0.292. The van der Waals surface area contributed by atoms with Gasteiger partial charge in [-0.05, 0) is 0 Å². The van der Waals surface area contributed by atoms with Crippen LogP contribution in [0.25, 0.3) is 0 Å². The molecule has 4 nitrogen and oxygen atoms in total. The highest BCUT2D eigenvalue weighted by Gasteiger charge is 2.38. The van der Waals surface area contributed by atoms with Gasteiger partial charge in [0.2, 0.25) is 0 Å². The predicted octanol–water partition coefficient (Wildman–Crippen LogP) is 1.59. The normalized spacial score (nSPS) is 42.1. The average molecular weight is 302 g/mol. The first-order valence-electron chi connectivity index (χ1n) is 3.20. The summed E-state index contributed by atoms with van der Waals surface area (Å²) in [6, 6.07) is 0. The standard InChI is InChI=1S/C6H8IO4P/c1-3-6-5(7)4-10-12(8,9-2)11-6/h1,5-6H,4H2,2H3. The number of alkyl halides is 1. The lowest BCUT2D eigenvalue weighted by molar-refractivity contribution is 0.0706. The lowest BCUT2D eigenvalue weighted by Crippen LogP contribution is -2.31. The first kappa shape index (κ1) is 10.5. The van der Waals surface area contributed by atoms with Crippen molar-refractivity contribution in [2.75, 3.05) is 13.7 Å². The molecule has 0 N–H and O–H groups in total. The van der Waals surface area contributed by atoms with E-state index < -0.39 is 13.9 Å². The van der Waals surface area contributed by atoms with Gasteiger partial charge in [-0.3, -0.25) is 13.6 Å². The Morgan fingerprint density at radius 1 is 1.83 bits per heavy atom. The summed E-state index contributed by atoms with van der Waals surface area (Å²) in [7, 11) is -2.09. The van der Waals surface area contributed by atoms with Gasteiger partial charge in [0.25, 0.3) is 0 Å². The maximum atomic E-state index is 11.4. The highest BCUT2D eigenvalue weighted by molar-refractivity contribution is 14.1. The molecule has 3 unspecified atom stereocenters. The van der Waals surface area contributed by atoms with E-state index in [0.29, 0.717) is 6.61 Å². The molecule has 1 aliphatic heterocycles. The monoisotopic (exact) mass is 302 g/mol. The number of halogens is 1. The molecule has 6 heteroatoms. The molecule has 1 heterocycles. The van der Waals surface area contributed by atoms with Crippen molar-refractivity contribution < 1.29 is 18.1 Å². The largest absolute Gasteiger partial charge is 0.475 e. The van der Waals surface area contributed by atoms with Crippen LogP contribution in [-0.4, -0.2) is 23.7 Å². The Hall–Kier alpha value is 0.400. The van der Waals surface area contributed by atoms with Gasteiger partial charge in [-0.1, -0.05) is 28.5 Å². The number of terminal acetylenes is 1. The average Bonchev–Trinajstić information content (AvgIpc) is 2.10. The summed E-state index contributed by atoms with van der Waals surface area (Å²) in [5, 5.41) is 0. The van der Waals surface area contributed by atoms with Crippen LogP contribution in [0, 0.1) is 12.3 Å². The second-order valence-electron chi connectivity index (χ2n) is 2.13. The Morgan fingerprint density at radius 3 is 3.00 bits per heavy atom. The molecular weight excluding hydrogens is 294 g/mol. The molecule has 0 aromatic carbocycles. The van der Waals surface area contributed by atoms with Crippen molar-refractivity contribution in [3.05, 3.63) is 0 Å². The van der Waals surface area contributed by atoms with Crippen LogP contribution in [0.3, 0.4) is 0 Å². The minimum Gasteiger partial charge on any atom is -0.290 e. The molecule has 0 spiro atoms. The fourth-order valence-corrected chi connectivity index (χ4v) is 2.85. The van der Waals surface area contributed by atoms with Crippen LogP contribution < -0.4 is 0 Å². The van der Waals surface area contributed by atoms with Gasteiger partial charge < -0.3 is 0 Å². The Morgan fingerprint density at radius 2 is 2.50 bits per heavy atom. The van der Waals surface area contributed by atoms with Crippen molar-refractivity contribution in [1.82, 2.24) is 0 Å². The van der Waals surface area contributed by atoms with E-state index in [9.17, 15) is 4.57 Å². The van der Waals surface area contributed by atoms with Crippen LogP contribution in [0.1, 0.15) is 0 Å². The van der Waals surface area contributed by atoms with Gasteiger partial charge in [0.05, 0.1) is 10.5 Å². The zero-order valence-electron chi connectivity index (χ0n) is 6.40. The summed E-state index contributed by atoms with van der Waals surface area (Å²) in [5.41, 5.74) is 0. The van der Waals surface area contributed by atoms with Gasteiger partial charge >= 0.3 is 7.82 Å². The number of phosphoric ester groups is 1. The Labute approximate surface area is 84.7 Å². The van der Waals surface area contributed by atoms with Crippen molar-refractivity contribution in [2.24, 2.45) is 0 Å². The topological polar surface area (TPSA) is 44.8 Å². The molecule has 3 atom stereocenters. The van der Waals surface area contributed by atoms with E-state index in [4.69, 9.17) is 15.5 Å². The molecule has 1 saturated heterocycles. The van der Waals surface area contributed by atoms with E-state index in [1.165, 1.54) is 7.11 Å². The lowest BCUT2D eigenvalue weighted by atomic mass is 10.3.